The molecule has 1 aliphatic rings. The first-order valence-electron chi connectivity index (χ1n) is 10.6. The van der Waals surface area contributed by atoms with E-state index in [9.17, 15) is 14.7 Å². The van der Waals surface area contributed by atoms with Crippen LogP contribution in [0.15, 0.2) is 52.5 Å². The van der Waals surface area contributed by atoms with E-state index in [-0.39, 0.29) is 11.3 Å². The van der Waals surface area contributed by atoms with Crippen LogP contribution in [-0.4, -0.2) is 52.8 Å². The topological polar surface area (TPSA) is 60.9 Å². The summed E-state index contributed by atoms with van der Waals surface area (Å²) in [6.07, 6.45) is 0. The quantitative estimate of drug-likeness (QED) is 0.347. The van der Waals surface area contributed by atoms with E-state index in [1.54, 1.807) is 11.0 Å². The number of aliphatic hydroxyl groups excluding tert-OH is 1. The standard InChI is InChI=1S/C25H29BrN2O3/c1-5-27(6-2)13-14-28-22(19-10-8-7-9-16(19)3)21(24(30)25(28)31)23(29)18-11-12-20(26)17(4)15-18/h7-12,15,22,29H,5-6,13-14H2,1-4H3/b23-21+. The van der Waals surface area contributed by atoms with Crippen LogP contribution in [0.5, 0.6) is 0 Å². The molecule has 2 aromatic carbocycles. The number of aryl methyl sites for hydroxylation is 2. The van der Waals surface area contributed by atoms with Crippen molar-refractivity contribution < 1.29 is 14.7 Å². The number of amides is 1. The molecule has 1 N–H and O–H groups in total. The summed E-state index contributed by atoms with van der Waals surface area (Å²) >= 11 is 3.47. The van der Waals surface area contributed by atoms with Gasteiger partial charge in [0, 0.05) is 23.1 Å². The van der Waals surface area contributed by atoms with Gasteiger partial charge in [-0.2, -0.15) is 0 Å². The summed E-state index contributed by atoms with van der Waals surface area (Å²) < 4.78 is 0.916. The van der Waals surface area contributed by atoms with Crippen molar-refractivity contribution in [2.75, 3.05) is 26.2 Å². The molecule has 1 amide bonds. The highest BCUT2D eigenvalue weighted by atomic mass is 79.9. The lowest BCUT2D eigenvalue weighted by Gasteiger charge is -2.29. The summed E-state index contributed by atoms with van der Waals surface area (Å²) in [5, 5.41) is 11.2. The maximum atomic E-state index is 13.1. The number of halogens is 1. The van der Waals surface area contributed by atoms with Crippen molar-refractivity contribution in [1.29, 1.82) is 0 Å². The minimum Gasteiger partial charge on any atom is -0.507 e. The van der Waals surface area contributed by atoms with Gasteiger partial charge >= 0.3 is 0 Å². The van der Waals surface area contributed by atoms with Gasteiger partial charge in [-0.05, 0) is 55.8 Å². The number of carbonyl (C=O) groups is 2. The predicted octanol–water partition coefficient (Wildman–Crippen LogP) is 4.83. The lowest BCUT2D eigenvalue weighted by Crippen LogP contribution is -2.38. The van der Waals surface area contributed by atoms with Crippen molar-refractivity contribution in [3.8, 4) is 0 Å². The molecule has 0 radical (unpaired) electrons. The average molecular weight is 485 g/mol. The zero-order valence-corrected chi connectivity index (χ0v) is 20.1. The fraction of sp³-hybridized carbons (Fsp3) is 0.360. The van der Waals surface area contributed by atoms with E-state index in [1.807, 2.05) is 50.2 Å². The Morgan fingerprint density at radius 3 is 2.35 bits per heavy atom. The van der Waals surface area contributed by atoms with Crippen molar-refractivity contribution in [2.45, 2.75) is 33.7 Å². The van der Waals surface area contributed by atoms with Crippen LogP contribution >= 0.6 is 15.9 Å². The first-order chi connectivity index (χ1) is 14.8. The van der Waals surface area contributed by atoms with Gasteiger partial charge in [-0.15, -0.1) is 0 Å². The number of rotatable bonds is 7. The van der Waals surface area contributed by atoms with Crippen LogP contribution in [0.3, 0.4) is 0 Å². The van der Waals surface area contributed by atoms with Gasteiger partial charge in [0.05, 0.1) is 11.6 Å². The maximum absolute atomic E-state index is 13.1. The van der Waals surface area contributed by atoms with Crippen LogP contribution in [0.2, 0.25) is 0 Å². The second-order valence-corrected chi connectivity index (χ2v) is 8.69. The highest BCUT2D eigenvalue weighted by Crippen LogP contribution is 2.40. The molecule has 5 nitrogen and oxygen atoms in total. The van der Waals surface area contributed by atoms with E-state index in [0.717, 1.165) is 34.3 Å². The van der Waals surface area contributed by atoms with Crippen molar-refractivity contribution in [2.24, 2.45) is 0 Å². The summed E-state index contributed by atoms with van der Waals surface area (Å²) in [5.74, 6) is -1.32. The number of likely N-dealkylation sites (tertiary alicyclic amines) is 1. The fourth-order valence-electron chi connectivity index (χ4n) is 4.06. The van der Waals surface area contributed by atoms with Gasteiger partial charge in [-0.25, -0.2) is 0 Å². The van der Waals surface area contributed by atoms with E-state index in [1.165, 1.54) is 0 Å². The molecule has 1 atom stereocenters. The number of nitrogens with zero attached hydrogens (tertiary/aromatic N) is 2. The third-order valence-electron chi connectivity index (χ3n) is 6.01. The normalized spacial score (nSPS) is 18.3. The Balaban J connectivity index is 2.14. The molecule has 0 spiro atoms. The second-order valence-electron chi connectivity index (χ2n) is 7.84. The van der Waals surface area contributed by atoms with E-state index in [4.69, 9.17) is 0 Å². The molecule has 164 valence electrons. The van der Waals surface area contributed by atoms with Crippen molar-refractivity contribution >= 4 is 33.4 Å². The first kappa shape index (κ1) is 23.2. The SMILES string of the molecule is CCN(CC)CCN1C(=O)C(=O)/C(=C(/O)c2ccc(Br)c(C)c2)C1c1ccccc1C. The molecule has 0 bridgehead atoms. The molecule has 1 saturated heterocycles. The van der Waals surface area contributed by atoms with Crippen LogP contribution < -0.4 is 0 Å². The largest absolute Gasteiger partial charge is 0.507 e. The zero-order chi connectivity index (χ0) is 22.7. The molecule has 0 aliphatic carbocycles. The van der Waals surface area contributed by atoms with Crippen LogP contribution in [0.1, 0.15) is 42.1 Å². The minimum atomic E-state index is -0.633. The molecular weight excluding hydrogens is 456 g/mol. The zero-order valence-electron chi connectivity index (χ0n) is 18.5. The molecule has 0 saturated carbocycles. The Kier molecular flexibility index (Phi) is 7.34. The van der Waals surface area contributed by atoms with Gasteiger partial charge in [0.25, 0.3) is 11.7 Å². The number of benzene rings is 2. The first-order valence-corrected chi connectivity index (χ1v) is 11.4. The van der Waals surface area contributed by atoms with E-state index < -0.39 is 17.7 Å². The van der Waals surface area contributed by atoms with E-state index in [0.29, 0.717) is 18.7 Å². The fourth-order valence-corrected chi connectivity index (χ4v) is 4.31. The van der Waals surface area contributed by atoms with Crippen LogP contribution in [0.4, 0.5) is 0 Å². The molecule has 1 fully saturated rings. The highest BCUT2D eigenvalue weighted by Gasteiger charge is 2.46. The van der Waals surface area contributed by atoms with E-state index >= 15 is 0 Å². The predicted molar refractivity (Wildman–Crippen MR) is 127 cm³/mol. The monoisotopic (exact) mass is 484 g/mol. The van der Waals surface area contributed by atoms with Gasteiger partial charge < -0.3 is 14.9 Å². The summed E-state index contributed by atoms with van der Waals surface area (Å²) in [6.45, 7) is 10.9. The number of Topliss-reactive ketones (excluding diaryl/α,β-unsaturated/α-hetero) is 1. The van der Waals surface area contributed by atoms with Crippen LogP contribution in [-0.2, 0) is 9.59 Å². The molecule has 31 heavy (non-hydrogen) atoms. The lowest BCUT2D eigenvalue weighted by molar-refractivity contribution is -0.140. The number of aliphatic hydroxyl groups is 1. The minimum absolute atomic E-state index is 0.132. The number of carbonyl (C=O) groups excluding carboxylic acids is 2. The summed E-state index contributed by atoms with van der Waals surface area (Å²) in [5.41, 5.74) is 3.45. The van der Waals surface area contributed by atoms with Gasteiger partial charge in [-0.1, -0.05) is 60.1 Å². The summed E-state index contributed by atoms with van der Waals surface area (Å²) in [6, 6.07) is 12.5. The molecular formula is C25H29BrN2O3. The second kappa shape index (κ2) is 9.79. The number of ketones is 1. The Bertz CT molecular complexity index is 1030. The Morgan fingerprint density at radius 1 is 1.06 bits per heavy atom. The van der Waals surface area contributed by atoms with Gasteiger partial charge in [0.2, 0.25) is 0 Å². The number of hydrogen-bond acceptors (Lipinski definition) is 4. The molecule has 1 unspecified atom stereocenters. The third kappa shape index (κ3) is 4.60. The Labute approximate surface area is 192 Å². The number of likely N-dealkylation sites (N-methyl/N-ethyl adjacent to an activating group) is 1. The number of hydrogen-bond donors (Lipinski definition) is 1. The summed E-state index contributed by atoms with van der Waals surface area (Å²) in [4.78, 5) is 30.0. The van der Waals surface area contributed by atoms with Crippen molar-refractivity contribution in [1.82, 2.24) is 9.80 Å². The van der Waals surface area contributed by atoms with Gasteiger partial charge in [0.15, 0.2) is 0 Å². The highest BCUT2D eigenvalue weighted by molar-refractivity contribution is 9.10. The van der Waals surface area contributed by atoms with Crippen LogP contribution in [0.25, 0.3) is 5.76 Å². The third-order valence-corrected chi connectivity index (χ3v) is 6.90. The molecule has 6 heteroatoms. The Hall–Kier alpha value is -2.44. The van der Waals surface area contributed by atoms with Crippen molar-refractivity contribution in [3.63, 3.8) is 0 Å². The lowest BCUT2D eigenvalue weighted by atomic mass is 9.92. The average Bonchev–Trinajstić information content (AvgIpc) is 3.01. The van der Waals surface area contributed by atoms with Crippen LogP contribution in [0, 0.1) is 13.8 Å². The van der Waals surface area contributed by atoms with Gasteiger partial charge in [0.1, 0.15) is 5.76 Å². The molecule has 1 aliphatic heterocycles. The Morgan fingerprint density at radius 2 is 1.74 bits per heavy atom. The van der Waals surface area contributed by atoms with E-state index in [2.05, 4.69) is 34.7 Å². The summed E-state index contributed by atoms with van der Waals surface area (Å²) in [7, 11) is 0. The molecule has 0 aromatic heterocycles. The molecule has 2 aromatic rings. The van der Waals surface area contributed by atoms with Gasteiger partial charge in [-0.3, -0.25) is 9.59 Å². The molecule has 1 heterocycles. The maximum Gasteiger partial charge on any atom is 0.295 e. The van der Waals surface area contributed by atoms with Crippen molar-refractivity contribution in [3.05, 3.63) is 74.8 Å². The smallest absolute Gasteiger partial charge is 0.295 e. The molecule has 3 rings (SSSR count).